The Balaban J connectivity index is 0.000000980. The van der Waals surface area contributed by atoms with Gasteiger partial charge in [-0.15, -0.1) is 12.4 Å². The molecule has 1 N–H and O–H groups in total. The highest BCUT2D eigenvalue weighted by atomic mass is 35.5. The molecule has 0 aromatic heterocycles. The predicted octanol–water partition coefficient (Wildman–Crippen LogP) is 3.10. The van der Waals surface area contributed by atoms with E-state index in [-0.39, 0.29) is 18.1 Å². The van der Waals surface area contributed by atoms with Crippen LogP contribution in [-0.4, -0.2) is 6.54 Å². The zero-order chi connectivity index (χ0) is 9.47. The molecule has 1 heterocycles. The summed E-state index contributed by atoms with van der Waals surface area (Å²) in [5.74, 6) is 0. The van der Waals surface area contributed by atoms with Gasteiger partial charge in [0.25, 0.3) is 0 Å². The van der Waals surface area contributed by atoms with E-state index >= 15 is 0 Å². The van der Waals surface area contributed by atoms with Gasteiger partial charge in [0.05, 0.1) is 5.56 Å². The molecule has 0 bridgehead atoms. The van der Waals surface area contributed by atoms with E-state index in [9.17, 15) is 13.2 Å². The van der Waals surface area contributed by atoms with Crippen LogP contribution in [0.2, 0.25) is 0 Å². The van der Waals surface area contributed by atoms with Crippen molar-refractivity contribution in [1.82, 2.24) is 0 Å². The topological polar surface area (TPSA) is 12.0 Å². The molecule has 1 nitrogen and oxygen atoms in total. The molecular weight excluding hydrogens is 215 g/mol. The van der Waals surface area contributed by atoms with Gasteiger partial charge in [0.1, 0.15) is 0 Å². The second kappa shape index (κ2) is 3.69. The molecule has 0 radical (unpaired) electrons. The first-order valence-electron chi connectivity index (χ1n) is 4.02. The number of nitrogens with one attached hydrogen (secondary N) is 1. The molecule has 0 unspecified atom stereocenters. The van der Waals surface area contributed by atoms with Gasteiger partial charge in [-0.2, -0.15) is 13.2 Å². The van der Waals surface area contributed by atoms with E-state index in [4.69, 9.17) is 0 Å². The lowest BCUT2D eigenvalue weighted by molar-refractivity contribution is -0.136. The quantitative estimate of drug-likeness (QED) is 0.713. The maximum Gasteiger partial charge on any atom is 0.418 e. The van der Waals surface area contributed by atoms with Crippen molar-refractivity contribution in [1.29, 1.82) is 0 Å². The molecule has 1 aromatic rings. The fourth-order valence-corrected chi connectivity index (χ4v) is 1.58. The molecule has 78 valence electrons. The molecule has 0 fully saturated rings. The van der Waals surface area contributed by atoms with Gasteiger partial charge < -0.3 is 5.32 Å². The van der Waals surface area contributed by atoms with E-state index in [2.05, 4.69) is 5.32 Å². The number of fused-ring (bicyclic) bond motifs is 1. The molecule has 14 heavy (non-hydrogen) atoms. The number of hydrogen-bond donors (Lipinski definition) is 1. The Hall–Kier alpha value is -0.900. The lowest BCUT2D eigenvalue weighted by Crippen LogP contribution is -2.08. The average Bonchev–Trinajstić information content (AvgIpc) is 2.48. The van der Waals surface area contributed by atoms with Gasteiger partial charge in [-0.1, -0.05) is 12.1 Å². The van der Waals surface area contributed by atoms with Gasteiger partial charge in [0.15, 0.2) is 0 Å². The Kier molecular flexibility index (Phi) is 2.95. The normalized spacial score (nSPS) is 14.2. The summed E-state index contributed by atoms with van der Waals surface area (Å²) in [5.41, 5.74) is 0.465. The number of anilines is 1. The molecule has 5 heteroatoms. The van der Waals surface area contributed by atoms with Crippen molar-refractivity contribution in [3.8, 4) is 0 Å². The third kappa shape index (κ3) is 1.80. The molecule has 0 saturated heterocycles. The van der Waals surface area contributed by atoms with Gasteiger partial charge in [-0.3, -0.25) is 0 Å². The number of benzene rings is 1. The molecule has 1 aliphatic rings. The van der Waals surface area contributed by atoms with Crippen molar-refractivity contribution in [3.63, 3.8) is 0 Å². The fraction of sp³-hybridized carbons (Fsp3) is 0.333. The van der Waals surface area contributed by atoms with Gasteiger partial charge in [-0.25, -0.2) is 0 Å². The average molecular weight is 224 g/mol. The highest BCUT2D eigenvalue weighted by Crippen LogP contribution is 2.38. The third-order valence-corrected chi connectivity index (χ3v) is 2.15. The number of halogens is 4. The largest absolute Gasteiger partial charge is 0.418 e. The van der Waals surface area contributed by atoms with Crippen LogP contribution in [0.3, 0.4) is 0 Å². The van der Waals surface area contributed by atoms with Crippen LogP contribution in [0.15, 0.2) is 18.2 Å². The first kappa shape index (κ1) is 11.2. The van der Waals surface area contributed by atoms with Crippen LogP contribution in [0.5, 0.6) is 0 Å². The second-order valence-electron chi connectivity index (χ2n) is 3.01. The molecular formula is C9H9ClF3N. The summed E-state index contributed by atoms with van der Waals surface area (Å²) >= 11 is 0. The Morgan fingerprint density at radius 1 is 1.21 bits per heavy atom. The highest BCUT2D eigenvalue weighted by molar-refractivity contribution is 5.85. The van der Waals surface area contributed by atoms with Crippen molar-refractivity contribution >= 4 is 18.1 Å². The zero-order valence-electron chi connectivity index (χ0n) is 7.19. The number of alkyl halides is 3. The van der Waals surface area contributed by atoms with E-state index in [1.165, 1.54) is 6.07 Å². The Morgan fingerprint density at radius 2 is 1.93 bits per heavy atom. The molecule has 0 saturated carbocycles. The van der Waals surface area contributed by atoms with Gasteiger partial charge in [-0.05, 0) is 18.1 Å². The van der Waals surface area contributed by atoms with Crippen molar-refractivity contribution in [2.75, 3.05) is 11.9 Å². The van der Waals surface area contributed by atoms with Crippen LogP contribution >= 0.6 is 12.4 Å². The summed E-state index contributed by atoms with van der Waals surface area (Å²) in [4.78, 5) is 0. The Labute approximate surface area is 85.7 Å². The molecule has 0 atom stereocenters. The van der Waals surface area contributed by atoms with E-state index in [0.717, 1.165) is 11.6 Å². The Bertz CT molecular complexity index is 335. The van der Waals surface area contributed by atoms with Gasteiger partial charge >= 0.3 is 6.18 Å². The molecule has 2 rings (SSSR count). The maximum absolute atomic E-state index is 12.4. The van der Waals surface area contributed by atoms with Crippen molar-refractivity contribution < 1.29 is 13.2 Å². The van der Waals surface area contributed by atoms with E-state index in [1.807, 2.05) is 0 Å². The van der Waals surface area contributed by atoms with Crippen LogP contribution in [0.1, 0.15) is 11.1 Å². The standard InChI is InChI=1S/C9H8F3N.ClH/c10-9(11,12)7-3-1-2-6-4-5-13-8(6)7;/h1-3,13H,4-5H2;1H. The van der Waals surface area contributed by atoms with Gasteiger partial charge in [0, 0.05) is 12.2 Å². The second-order valence-corrected chi connectivity index (χ2v) is 3.01. The van der Waals surface area contributed by atoms with Crippen molar-refractivity contribution in [3.05, 3.63) is 29.3 Å². The number of rotatable bonds is 0. The summed E-state index contributed by atoms with van der Waals surface area (Å²) in [7, 11) is 0. The SMILES string of the molecule is Cl.FC(F)(F)c1cccc2c1NCC2. The molecule has 1 aliphatic heterocycles. The fourth-order valence-electron chi connectivity index (χ4n) is 1.58. The van der Waals surface area contributed by atoms with Crippen molar-refractivity contribution in [2.24, 2.45) is 0 Å². The van der Waals surface area contributed by atoms with Crippen molar-refractivity contribution in [2.45, 2.75) is 12.6 Å². The first-order chi connectivity index (χ1) is 6.09. The lowest BCUT2D eigenvalue weighted by Gasteiger charge is -2.11. The maximum atomic E-state index is 12.4. The third-order valence-electron chi connectivity index (χ3n) is 2.15. The van der Waals surface area contributed by atoms with Crippen LogP contribution in [-0.2, 0) is 12.6 Å². The van der Waals surface area contributed by atoms with Crippen LogP contribution < -0.4 is 5.32 Å². The zero-order valence-corrected chi connectivity index (χ0v) is 8.00. The highest BCUT2D eigenvalue weighted by Gasteiger charge is 2.35. The van der Waals surface area contributed by atoms with Crippen LogP contribution in [0, 0.1) is 0 Å². The minimum atomic E-state index is -4.25. The minimum Gasteiger partial charge on any atom is -0.384 e. The predicted molar refractivity (Wildman–Crippen MR) is 50.9 cm³/mol. The summed E-state index contributed by atoms with van der Waals surface area (Å²) in [6.07, 6.45) is -3.57. The monoisotopic (exact) mass is 223 g/mol. The summed E-state index contributed by atoms with van der Waals surface area (Å²) in [5, 5.41) is 2.76. The summed E-state index contributed by atoms with van der Waals surface area (Å²) < 4.78 is 37.2. The lowest BCUT2D eigenvalue weighted by atomic mass is 10.1. The smallest absolute Gasteiger partial charge is 0.384 e. The van der Waals surface area contributed by atoms with Crippen LogP contribution in [0.4, 0.5) is 18.9 Å². The summed E-state index contributed by atoms with van der Waals surface area (Å²) in [6.45, 7) is 0.600. The first-order valence-corrected chi connectivity index (χ1v) is 4.02. The minimum absolute atomic E-state index is 0. The molecule has 0 amide bonds. The summed E-state index contributed by atoms with van der Waals surface area (Å²) in [6, 6.07) is 4.29. The number of hydrogen-bond acceptors (Lipinski definition) is 1. The van der Waals surface area contributed by atoms with Gasteiger partial charge in [0.2, 0.25) is 0 Å². The molecule has 1 aromatic carbocycles. The van der Waals surface area contributed by atoms with E-state index in [1.54, 1.807) is 6.07 Å². The van der Waals surface area contributed by atoms with E-state index < -0.39 is 11.7 Å². The Morgan fingerprint density at radius 3 is 2.57 bits per heavy atom. The van der Waals surface area contributed by atoms with Crippen LogP contribution in [0.25, 0.3) is 0 Å². The van der Waals surface area contributed by atoms with E-state index in [0.29, 0.717) is 13.0 Å². The molecule has 0 spiro atoms. The molecule has 0 aliphatic carbocycles. The number of para-hydroxylation sites is 1.